The quantitative estimate of drug-likeness (QED) is 0.756. The number of hydrogen-bond donors (Lipinski definition) is 2. The van der Waals surface area contributed by atoms with E-state index in [1.165, 1.54) is 0 Å². The number of carbonyl (C=O) groups excluding carboxylic acids is 1. The second kappa shape index (κ2) is 6.74. The molecule has 2 aromatic carbocycles. The summed E-state index contributed by atoms with van der Waals surface area (Å²) in [6.07, 6.45) is 0. The summed E-state index contributed by atoms with van der Waals surface area (Å²) in [5.74, 6) is 0.985. The first kappa shape index (κ1) is 14.8. The molecule has 23 heavy (non-hydrogen) atoms. The zero-order chi connectivity index (χ0) is 16.1. The van der Waals surface area contributed by atoms with Crippen LogP contribution in [-0.2, 0) is 6.54 Å². The molecule has 0 fully saturated rings. The number of benzene rings is 2. The highest BCUT2D eigenvalue weighted by Crippen LogP contribution is 2.13. The first-order valence-electron chi connectivity index (χ1n) is 7.20. The molecule has 0 unspecified atom stereocenters. The van der Waals surface area contributed by atoms with Crippen molar-refractivity contribution in [1.82, 2.24) is 10.1 Å². The maximum absolute atomic E-state index is 12.1. The van der Waals surface area contributed by atoms with Crippen molar-refractivity contribution in [2.75, 3.05) is 10.6 Å². The molecule has 0 aliphatic carbocycles. The highest BCUT2D eigenvalue weighted by atomic mass is 16.5. The van der Waals surface area contributed by atoms with Gasteiger partial charge in [0.2, 0.25) is 5.89 Å². The molecule has 3 rings (SSSR count). The fourth-order valence-electron chi connectivity index (χ4n) is 2.05. The lowest BCUT2D eigenvalue weighted by atomic mass is 10.2. The van der Waals surface area contributed by atoms with Gasteiger partial charge in [0.1, 0.15) is 0 Å². The van der Waals surface area contributed by atoms with Gasteiger partial charge in [0.25, 0.3) is 5.91 Å². The van der Waals surface area contributed by atoms with Gasteiger partial charge in [0, 0.05) is 16.9 Å². The van der Waals surface area contributed by atoms with E-state index >= 15 is 0 Å². The van der Waals surface area contributed by atoms with E-state index in [9.17, 15) is 4.79 Å². The van der Waals surface area contributed by atoms with Gasteiger partial charge in [-0.15, -0.1) is 0 Å². The predicted octanol–water partition coefficient (Wildman–Crippen LogP) is 3.24. The molecule has 3 aromatic rings. The third kappa shape index (κ3) is 3.94. The highest BCUT2D eigenvalue weighted by molar-refractivity contribution is 6.04. The van der Waals surface area contributed by atoms with Crippen molar-refractivity contribution in [3.05, 3.63) is 71.9 Å². The van der Waals surface area contributed by atoms with Crippen LogP contribution in [0.1, 0.15) is 22.1 Å². The normalized spacial score (nSPS) is 10.3. The number of para-hydroxylation sites is 1. The Hall–Kier alpha value is -3.15. The number of carbonyl (C=O) groups is 1. The second-order valence-electron chi connectivity index (χ2n) is 4.99. The van der Waals surface area contributed by atoms with E-state index in [2.05, 4.69) is 20.8 Å². The standard InChI is InChI=1S/C17H16N4O2/c1-12-19-16(23-21-12)11-18-14-9-7-13(8-10-14)17(22)20-15-5-3-2-4-6-15/h2-10,18H,11H2,1H3,(H,20,22). The lowest BCUT2D eigenvalue weighted by Crippen LogP contribution is -2.11. The Morgan fingerprint density at radius 1 is 1.04 bits per heavy atom. The van der Waals surface area contributed by atoms with Crippen molar-refractivity contribution < 1.29 is 9.32 Å². The van der Waals surface area contributed by atoms with Crippen molar-refractivity contribution in [3.8, 4) is 0 Å². The molecule has 6 heteroatoms. The fourth-order valence-corrected chi connectivity index (χ4v) is 2.05. The zero-order valence-electron chi connectivity index (χ0n) is 12.6. The maximum Gasteiger partial charge on any atom is 0.255 e. The van der Waals surface area contributed by atoms with Crippen molar-refractivity contribution in [2.45, 2.75) is 13.5 Å². The average molecular weight is 308 g/mol. The van der Waals surface area contributed by atoms with Crippen molar-refractivity contribution >= 4 is 17.3 Å². The summed E-state index contributed by atoms with van der Waals surface area (Å²) in [5.41, 5.74) is 2.23. The van der Waals surface area contributed by atoms with Crippen LogP contribution in [0.25, 0.3) is 0 Å². The van der Waals surface area contributed by atoms with Crippen molar-refractivity contribution in [2.24, 2.45) is 0 Å². The summed E-state index contributed by atoms with van der Waals surface area (Å²) in [6.45, 7) is 2.21. The maximum atomic E-state index is 12.1. The minimum atomic E-state index is -0.143. The fraction of sp³-hybridized carbons (Fsp3) is 0.118. The third-order valence-electron chi connectivity index (χ3n) is 3.19. The second-order valence-corrected chi connectivity index (χ2v) is 4.99. The van der Waals surface area contributed by atoms with E-state index in [-0.39, 0.29) is 5.91 Å². The van der Waals surface area contributed by atoms with Crippen LogP contribution in [0.4, 0.5) is 11.4 Å². The van der Waals surface area contributed by atoms with Crippen LogP contribution < -0.4 is 10.6 Å². The lowest BCUT2D eigenvalue weighted by molar-refractivity contribution is 0.102. The highest BCUT2D eigenvalue weighted by Gasteiger charge is 2.06. The summed E-state index contributed by atoms with van der Waals surface area (Å²) in [6, 6.07) is 16.6. The van der Waals surface area contributed by atoms with E-state index in [0.29, 0.717) is 23.8 Å². The largest absolute Gasteiger partial charge is 0.376 e. The Morgan fingerprint density at radius 2 is 1.78 bits per heavy atom. The summed E-state index contributed by atoms with van der Waals surface area (Å²) in [4.78, 5) is 16.3. The van der Waals surface area contributed by atoms with E-state index in [1.54, 1.807) is 19.1 Å². The van der Waals surface area contributed by atoms with Gasteiger partial charge >= 0.3 is 0 Å². The summed E-state index contributed by atoms with van der Waals surface area (Å²) >= 11 is 0. The van der Waals surface area contributed by atoms with E-state index in [1.807, 2.05) is 42.5 Å². The van der Waals surface area contributed by atoms with Crippen molar-refractivity contribution in [1.29, 1.82) is 0 Å². The molecule has 0 saturated heterocycles. The predicted molar refractivity (Wildman–Crippen MR) is 87.2 cm³/mol. The molecule has 0 spiro atoms. The molecule has 1 amide bonds. The monoisotopic (exact) mass is 308 g/mol. The number of hydrogen-bond acceptors (Lipinski definition) is 5. The Labute approximate surface area is 133 Å². The molecule has 1 heterocycles. The summed E-state index contributed by atoms with van der Waals surface area (Å²) < 4.78 is 5.03. The Balaban J connectivity index is 1.59. The van der Waals surface area contributed by atoms with Gasteiger partial charge in [0.15, 0.2) is 5.82 Å². The molecule has 0 atom stereocenters. The molecular formula is C17H16N4O2. The first-order valence-corrected chi connectivity index (χ1v) is 7.20. The number of aromatic nitrogens is 2. The summed E-state index contributed by atoms with van der Waals surface area (Å²) in [7, 11) is 0. The van der Waals surface area contributed by atoms with E-state index in [4.69, 9.17) is 4.52 Å². The third-order valence-corrected chi connectivity index (χ3v) is 3.19. The molecule has 2 N–H and O–H groups in total. The Bertz CT molecular complexity index is 782. The van der Waals surface area contributed by atoms with E-state index in [0.717, 1.165) is 11.4 Å². The Morgan fingerprint density at radius 3 is 2.43 bits per heavy atom. The van der Waals surface area contributed by atoms with Crippen LogP contribution in [0.2, 0.25) is 0 Å². The summed E-state index contributed by atoms with van der Waals surface area (Å²) in [5, 5.41) is 9.73. The minimum absolute atomic E-state index is 0.143. The van der Waals surface area contributed by atoms with Gasteiger partial charge in [-0.1, -0.05) is 23.4 Å². The SMILES string of the molecule is Cc1noc(CNc2ccc(C(=O)Nc3ccccc3)cc2)n1. The van der Waals surface area contributed by atoms with Crippen LogP contribution in [0, 0.1) is 6.92 Å². The molecule has 1 aromatic heterocycles. The molecule has 6 nitrogen and oxygen atoms in total. The number of aryl methyl sites for hydroxylation is 1. The zero-order valence-corrected chi connectivity index (χ0v) is 12.6. The molecule has 0 radical (unpaired) electrons. The van der Waals surface area contributed by atoms with Crippen LogP contribution in [0.3, 0.4) is 0 Å². The van der Waals surface area contributed by atoms with Crippen LogP contribution in [0.5, 0.6) is 0 Å². The first-order chi connectivity index (χ1) is 11.2. The average Bonchev–Trinajstić information content (AvgIpc) is 3.00. The molecule has 0 aliphatic rings. The number of nitrogens with one attached hydrogen (secondary N) is 2. The Kier molecular flexibility index (Phi) is 4.33. The molecule has 0 bridgehead atoms. The van der Waals surface area contributed by atoms with Crippen LogP contribution in [-0.4, -0.2) is 16.0 Å². The molecule has 0 aliphatic heterocycles. The van der Waals surface area contributed by atoms with Crippen LogP contribution in [0.15, 0.2) is 59.1 Å². The van der Waals surface area contributed by atoms with Crippen LogP contribution >= 0.6 is 0 Å². The molecular weight excluding hydrogens is 292 g/mol. The van der Waals surface area contributed by atoms with Gasteiger partial charge in [-0.2, -0.15) is 4.98 Å². The minimum Gasteiger partial charge on any atom is -0.376 e. The van der Waals surface area contributed by atoms with Gasteiger partial charge in [0.05, 0.1) is 6.54 Å². The number of amides is 1. The van der Waals surface area contributed by atoms with E-state index < -0.39 is 0 Å². The number of nitrogens with zero attached hydrogens (tertiary/aromatic N) is 2. The molecule has 0 saturated carbocycles. The lowest BCUT2D eigenvalue weighted by Gasteiger charge is -2.07. The molecule has 116 valence electrons. The van der Waals surface area contributed by atoms with Gasteiger partial charge in [-0.05, 0) is 43.3 Å². The number of anilines is 2. The number of rotatable bonds is 5. The topological polar surface area (TPSA) is 80.0 Å². The van der Waals surface area contributed by atoms with Gasteiger partial charge in [-0.3, -0.25) is 4.79 Å². The van der Waals surface area contributed by atoms with Crippen molar-refractivity contribution in [3.63, 3.8) is 0 Å². The smallest absolute Gasteiger partial charge is 0.255 e. The van der Waals surface area contributed by atoms with Gasteiger partial charge in [-0.25, -0.2) is 0 Å². The van der Waals surface area contributed by atoms with Gasteiger partial charge < -0.3 is 15.2 Å².